The van der Waals surface area contributed by atoms with Gasteiger partial charge in [0.25, 0.3) is 0 Å². The van der Waals surface area contributed by atoms with Gasteiger partial charge in [-0.05, 0) is 48.9 Å². The Morgan fingerprint density at radius 2 is 1.91 bits per heavy atom. The molecule has 1 amide bonds. The molecule has 34 heavy (non-hydrogen) atoms. The molecule has 0 radical (unpaired) electrons. The Hall–Kier alpha value is -3.58. The lowest BCUT2D eigenvalue weighted by Gasteiger charge is -2.22. The third kappa shape index (κ3) is 5.31. The Morgan fingerprint density at radius 3 is 2.74 bits per heavy atom. The fourth-order valence-corrected chi connectivity index (χ4v) is 4.15. The third-order valence-corrected chi connectivity index (χ3v) is 6.21. The Morgan fingerprint density at radius 1 is 1.06 bits per heavy atom. The molecule has 0 unspecified atom stereocenters. The van der Waals surface area contributed by atoms with Crippen molar-refractivity contribution in [2.45, 2.75) is 32.2 Å². The van der Waals surface area contributed by atoms with Crippen LogP contribution in [0.3, 0.4) is 0 Å². The maximum Gasteiger partial charge on any atom is 0.225 e. The van der Waals surface area contributed by atoms with Gasteiger partial charge in [0.15, 0.2) is 0 Å². The fourth-order valence-electron chi connectivity index (χ4n) is 4.15. The summed E-state index contributed by atoms with van der Waals surface area (Å²) in [5.74, 6) is 1.81. The molecule has 3 aromatic rings. The zero-order valence-corrected chi connectivity index (χ0v) is 19.1. The first-order chi connectivity index (χ1) is 16.7. The van der Waals surface area contributed by atoms with Crippen molar-refractivity contribution in [2.24, 2.45) is 5.92 Å². The molecule has 1 aliphatic carbocycles. The van der Waals surface area contributed by atoms with Crippen molar-refractivity contribution in [3.63, 3.8) is 0 Å². The molecule has 1 aromatic heterocycles. The van der Waals surface area contributed by atoms with Crippen LogP contribution in [-0.4, -0.2) is 35.7 Å². The van der Waals surface area contributed by atoms with Gasteiger partial charge in [-0.3, -0.25) is 4.79 Å². The summed E-state index contributed by atoms with van der Waals surface area (Å²) in [5, 5.41) is 20.5. The van der Waals surface area contributed by atoms with Gasteiger partial charge >= 0.3 is 0 Å². The molecule has 2 aromatic carbocycles. The van der Waals surface area contributed by atoms with Crippen LogP contribution in [-0.2, 0) is 17.8 Å². The zero-order chi connectivity index (χ0) is 23.3. The van der Waals surface area contributed by atoms with Gasteiger partial charge in [-0.15, -0.1) is 0 Å². The average molecular weight is 459 g/mol. The summed E-state index contributed by atoms with van der Waals surface area (Å²) in [7, 11) is 0. The Labute approximate surface area is 199 Å². The second-order valence-electron chi connectivity index (χ2n) is 8.92. The molecule has 7 nitrogen and oxygen atoms in total. The molecule has 1 saturated carbocycles. The second-order valence-corrected chi connectivity index (χ2v) is 8.92. The molecule has 7 heteroatoms. The van der Waals surface area contributed by atoms with E-state index in [1.165, 1.54) is 18.4 Å². The number of carbonyl (C=O) groups is 1. The van der Waals surface area contributed by atoms with Crippen molar-refractivity contribution >= 4 is 17.4 Å². The number of nitrogens with one attached hydrogen (secondary N) is 3. The first-order valence-electron chi connectivity index (χ1n) is 11.9. The summed E-state index contributed by atoms with van der Waals surface area (Å²) >= 11 is 0. The van der Waals surface area contributed by atoms with E-state index >= 15 is 0 Å². The maximum absolute atomic E-state index is 12.1. The van der Waals surface area contributed by atoms with E-state index in [-0.39, 0.29) is 11.7 Å². The highest BCUT2D eigenvalue weighted by Crippen LogP contribution is 2.41. The molecule has 2 aliphatic rings. The third-order valence-electron chi connectivity index (χ3n) is 6.21. The maximum atomic E-state index is 12.1. The lowest BCUT2D eigenvalue weighted by Crippen LogP contribution is -2.24. The highest BCUT2D eigenvalue weighted by Gasteiger charge is 2.25. The van der Waals surface area contributed by atoms with Crippen molar-refractivity contribution in [3.8, 4) is 22.8 Å². The summed E-state index contributed by atoms with van der Waals surface area (Å²) < 4.78 is 6.04. The number of fused-ring (bicyclic) bond motifs is 1. The zero-order valence-electron chi connectivity index (χ0n) is 19.1. The van der Waals surface area contributed by atoms with Crippen molar-refractivity contribution in [3.05, 3.63) is 65.7 Å². The van der Waals surface area contributed by atoms with Gasteiger partial charge in [0.05, 0.1) is 17.9 Å². The lowest BCUT2D eigenvalue weighted by atomic mass is 10.0. The summed E-state index contributed by atoms with van der Waals surface area (Å²) in [6, 6.07) is 17.5. The van der Waals surface area contributed by atoms with E-state index in [4.69, 9.17) is 9.72 Å². The van der Waals surface area contributed by atoms with Crippen molar-refractivity contribution < 1.29 is 14.6 Å². The standard InChI is InChI=1S/C27H30N4O3/c32-23-7-4-8-24(34-17-19-9-10-19)26(23)22-15-21(20-11-12-25(33)31-27(20)30-22)29-14-13-28-16-18-5-2-1-3-6-18/h1-8,15,19,28,32H,9-14,16-17H2,(H2,29,30,31,33). The number of ether oxygens (including phenoxy) is 1. The van der Waals surface area contributed by atoms with Crippen LogP contribution in [0.25, 0.3) is 11.3 Å². The Balaban J connectivity index is 1.36. The summed E-state index contributed by atoms with van der Waals surface area (Å²) in [5.41, 5.74) is 4.27. The van der Waals surface area contributed by atoms with Gasteiger partial charge in [0.2, 0.25) is 5.91 Å². The van der Waals surface area contributed by atoms with Crippen LogP contribution in [0, 0.1) is 5.92 Å². The number of aromatic nitrogens is 1. The summed E-state index contributed by atoms with van der Waals surface area (Å²) in [4.78, 5) is 16.8. The van der Waals surface area contributed by atoms with Crippen LogP contribution in [0.15, 0.2) is 54.6 Å². The SMILES string of the molecule is O=C1CCc2c(NCCNCc3ccccc3)cc(-c3c(O)cccc3OCC3CC3)nc2N1. The molecular formula is C27H30N4O3. The van der Waals surface area contributed by atoms with Crippen LogP contribution >= 0.6 is 0 Å². The first kappa shape index (κ1) is 22.2. The number of hydrogen-bond acceptors (Lipinski definition) is 6. The Kier molecular flexibility index (Phi) is 6.62. The minimum absolute atomic E-state index is 0.0462. The van der Waals surface area contributed by atoms with E-state index in [0.717, 1.165) is 24.3 Å². The minimum atomic E-state index is -0.0462. The van der Waals surface area contributed by atoms with Crippen LogP contribution in [0.2, 0.25) is 0 Å². The van der Waals surface area contributed by atoms with Gasteiger partial charge in [-0.1, -0.05) is 36.4 Å². The van der Waals surface area contributed by atoms with Crippen molar-refractivity contribution in [1.29, 1.82) is 0 Å². The number of benzene rings is 2. The van der Waals surface area contributed by atoms with Gasteiger partial charge in [0.1, 0.15) is 17.3 Å². The van der Waals surface area contributed by atoms with E-state index in [2.05, 4.69) is 28.1 Å². The quantitative estimate of drug-likeness (QED) is 0.338. The topological polar surface area (TPSA) is 95.5 Å². The van der Waals surface area contributed by atoms with Crippen LogP contribution < -0.4 is 20.7 Å². The number of carbonyl (C=O) groups excluding carboxylic acids is 1. The van der Waals surface area contributed by atoms with Gasteiger partial charge in [-0.2, -0.15) is 0 Å². The molecule has 0 bridgehead atoms. The smallest absolute Gasteiger partial charge is 0.225 e. The van der Waals surface area contributed by atoms with Crippen LogP contribution in [0.4, 0.5) is 11.5 Å². The number of pyridine rings is 1. The molecule has 0 atom stereocenters. The van der Waals surface area contributed by atoms with Gasteiger partial charge in [0, 0.05) is 37.3 Å². The van der Waals surface area contributed by atoms with Crippen molar-refractivity contribution in [1.82, 2.24) is 10.3 Å². The molecule has 2 heterocycles. The number of amides is 1. The minimum Gasteiger partial charge on any atom is -0.507 e. The number of aromatic hydroxyl groups is 1. The molecule has 176 valence electrons. The van der Waals surface area contributed by atoms with Crippen LogP contribution in [0.5, 0.6) is 11.5 Å². The highest BCUT2D eigenvalue weighted by molar-refractivity contribution is 5.95. The van der Waals surface area contributed by atoms with E-state index in [0.29, 0.717) is 54.7 Å². The molecule has 0 saturated heterocycles. The van der Waals surface area contributed by atoms with Crippen molar-refractivity contribution in [2.75, 3.05) is 30.3 Å². The predicted octanol–water partition coefficient (Wildman–Crippen LogP) is 4.33. The predicted molar refractivity (Wildman–Crippen MR) is 133 cm³/mol. The molecule has 1 aliphatic heterocycles. The van der Waals surface area contributed by atoms with E-state index < -0.39 is 0 Å². The fraction of sp³-hybridized carbons (Fsp3) is 0.333. The highest BCUT2D eigenvalue weighted by atomic mass is 16.5. The molecule has 0 spiro atoms. The van der Waals surface area contributed by atoms with Gasteiger partial charge < -0.3 is 25.8 Å². The Bertz CT molecular complexity index is 1160. The van der Waals surface area contributed by atoms with Gasteiger partial charge in [-0.25, -0.2) is 4.98 Å². The van der Waals surface area contributed by atoms with E-state index in [1.807, 2.05) is 30.3 Å². The number of anilines is 2. The first-order valence-corrected chi connectivity index (χ1v) is 11.9. The largest absolute Gasteiger partial charge is 0.507 e. The summed E-state index contributed by atoms with van der Waals surface area (Å²) in [6.45, 7) is 2.93. The van der Waals surface area contributed by atoms with Crippen LogP contribution in [0.1, 0.15) is 30.4 Å². The lowest BCUT2D eigenvalue weighted by molar-refractivity contribution is -0.116. The second kappa shape index (κ2) is 10.1. The van der Waals surface area contributed by atoms with E-state index in [9.17, 15) is 9.90 Å². The number of nitrogens with zero attached hydrogens (tertiary/aromatic N) is 1. The van der Waals surface area contributed by atoms with E-state index in [1.54, 1.807) is 12.1 Å². The molecule has 4 N–H and O–H groups in total. The molecule has 5 rings (SSSR count). The number of phenolic OH excluding ortho intramolecular Hbond substituents is 1. The summed E-state index contributed by atoms with van der Waals surface area (Å²) in [6.07, 6.45) is 3.43. The number of rotatable bonds is 10. The normalized spacial score (nSPS) is 14.9. The molecular weight excluding hydrogens is 428 g/mol. The number of hydrogen-bond donors (Lipinski definition) is 4. The average Bonchev–Trinajstić information content (AvgIpc) is 3.67. The number of phenols is 1. The monoisotopic (exact) mass is 458 g/mol. The molecule has 1 fully saturated rings.